The lowest BCUT2D eigenvalue weighted by Gasteiger charge is -2.20. The molecule has 0 aliphatic rings. The van der Waals surface area contributed by atoms with Crippen molar-refractivity contribution in [3.8, 4) is 0 Å². The lowest BCUT2D eigenvalue weighted by atomic mass is 10.4. The van der Waals surface area contributed by atoms with Crippen LogP contribution in [0.5, 0.6) is 0 Å². The van der Waals surface area contributed by atoms with Gasteiger partial charge in [0.15, 0.2) is 0 Å². The van der Waals surface area contributed by atoms with Crippen LogP contribution < -0.4 is 0 Å². The van der Waals surface area contributed by atoms with Crippen molar-refractivity contribution in [2.75, 3.05) is 33.2 Å². The summed E-state index contributed by atoms with van der Waals surface area (Å²) in [5.41, 5.74) is 0. The molecule has 74 valence electrons. The van der Waals surface area contributed by atoms with Crippen molar-refractivity contribution in [2.45, 2.75) is 27.2 Å². The van der Waals surface area contributed by atoms with Crippen molar-refractivity contribution in [3.05, 3.63) is 0 Å². The summed E-state index contributed by atoms with van der Waals surface area (Å²) in [5, 5.41) is 0. The van der Waals surface area contributed by atoms with Gasteiger partial charge in [0, 0.05) is 19.8 Å². The first-order valence-electron chi connectivity index (χ1n) is 4.72. The highest BCUT2D eigenvalue weighted by Crippen LogP contribution is 1.92. The summed E-state index contributed by atoms with van der Waals surface area (Å²) in [6.07, 6.45) is 1.14. The molecule has 0 saturated carbocycles. The predicted molar refractivity (Wildman–Crippen MR) is 50.0 cm³/mol. The van der Waals surface area contributed by atoms with E-state index in [1.54, 1.807) is 0 Å². The second kappa shape index (κ2) is 8.97. The van der Waals surface area contributed by atoms with Gasteiger partial charge in [-0.15, -0.1) is 0 Å². The molecule has 0 aromatic rings. The molecule has 3 nitrogen and oxygen atoms in total. The summed E-state index contributed by atoms with van der Waals surface area (Å²) in [4.78, 5) is 2.16. The molecule has 0 aliphatic carbocycles. The largest absolute Gasteiger partial charge is 0.366 e. The van der Waals surface area contributed by atoms with Gasteiger partial charge in [-0.3, -0.25) is 4.90 Å². The second-order valence-electron chi connectivity index (χ2n) is 2.64. The van der Waals surface area contributed by atoms with E-state index >= 15 is 0 Å². The van der Waals surface area contributed by atoms with Gasteiger partial charge >= 0.3 is 0 Å². The standard InChI is InChI=1S/C9H21NO2/c1-4-7-10(8-11-5-2)9-12-6-3/h4-9H2,1-3H3. The summed E-state index contributed by atoms with van der Waals surface area (Å²) in [5.74, 6) is 0. The van der Waals surface area contributed by atoms with E-state index in [9.17, 15) is 0 Å². The van der Waals surface area contributed by atoms with E-state index in [-0.39, 0.29) is 0 Å². The zero-order valence-electron chi connectivity index (χ0n) is 8.51. The Bertz CT molecular complexity index is 80.6. The van der Waals surface area contributed by atoms with Crippen LogP contribution in [0.15, 0.2) is 0 Å². The monoisotopic (exact) mass is 175 g/mol. The Morgan fingerprint density at radius 2 is 1.42 bits per heavy atom. The van der Waals surface area contributed by atoms with E-state index in [2.05, 4.69) is 11.8 Å². The van der Waals surface area contributed by atoms with Crippen molar-refractivity contribution < 1.29 is 9.47 Å². The van der Waals surface area contributed by atoms with E-state index < -0.39 is 0 Å². The maximum absolute atomic E-state index is 5.29. The van der Waals surface area contributed by atoms with E-state index in [4.69, 9.17) is 9.47 Å². The Hall–Kier alpha value is -0.120. The topological polar surface area (TPSA) is 21.7 Å². The van der Waals surface area contributed by atoms with E-state index in [0.29, 0.717) is 13.5 Å². The molecule has 0 amide bonds. The molecular weight excluding hydrogens is 154 g/mol. The minimum Gasteiger partial charge on any atom is -0.366 e. The number of hydrogen-bond donors (Lipinski definition) is 0. The molecule has 0 bridgehead atoms. The van der Waals surface area contributed by atoms with Gasteiger partial charge in [-0.2, -0.15) is 0 Å². The summed E-state index contributed by atoms with van der Waals surface area (Å²) >= 11 is 0. The van der Waals surface area contributed by atoms with Crippen LogP contribution in [0.25, 0.3) is 0 Å². The smallest absolute Gasteiger partial charge is 0.101 e. The zero-order valence-corrected chi connectivity index (χ0v) is 8.51. The minimum atomic E-state index is 0.685. The first-order valence-corrected chi connectivity index (χ1v) is 4.72. The second-order valence-corrected chi connectivity index (χ2v) is 2.64. The Balaban J connectivity index is 3.40. The van der Waals surface area contributed by atoms with Crippen LogP contribution in [0.3, 0.4) is 0 Å². The average molecular weight is 175 g/mol. The van der Waals surface area contributed by atoms with Crippen LogP contribution >= 0.6 is 0 Å². The predicted octanol–water partition coefficient (Wildman–Crippen LogP) is 1.69. The molecule has 0 saturated heterocycles. The summed E-state index contributed by atoms with van der Waals surface area (Å²) in [6.45, 7) is 10.1. The molecule has 0 unspecified atom stereocenters. The zero-order chi connectivity index (χ0) is 9.23. The molecule has 0 aromatic carbocycles. The first-order chi connectivity index (χ1) is 5.85. The van der Waals surface area contributed by atoms with Crippen molar-refractivity contribution in [2.24, 2.45) is 0 Å². The van der Waals surface area contributed by atoms with E-state index in [1.165, 1.54) is 0 Å². The van der Waals surface area contributed by atoms with Gasteiger partial charge in [0.2, 0.25) is 0 Å². The highest BCUT2D eigenvalue weighted by molar-refractivity contribution is 4.44. The average Bonchev–Trinajstić information content (AvgIpc) is 2.10. The SMILES string of the molecule is CCCN(COCC)COCC. The quantitative estimate of drug-likeness (QED) is 0.524. The Labute approximate surface area is 75.6 Å². The van der Waals surface area contributed by atoms with Gasteiger partial charge < -0.3 is 9.47 Å². The van der Waals surface area contributed by atoms with Gasteiger partial charge in [0.1, 0.15) is 13.5 Å². The van der Waals surface area contributed by atoms with Gasteiger partial charge in [0.25, 0.3) is 0 Å². The van der Waals surface area contributed by atoms with Crippen LogP contribution in [0, 0.1) is 0 Å². The molecule has 0 rings (SSSR count). The van der Waals surface area contributed by atoms with E-state index in [1.807, 2.05) is 13.8 Å². The van der Waals surface area contributed by atoms with Crippen molar-refractivity contribution in [3.63, 3.8) is 0 Å². The number of ether oxygens (including phenoxy) is 2. The summed E-state index contributed by atoms with van der Waals surface area (Å²) in [6, 6.07) is 0. The fourth-order valence-corrected chi connectivity index (χ4v) is 0.923. The van der Waals surface area contributed by atoms with E-state index in [0.717, 1.165) is 26.2 Å². The molecule has 0 radical (unpaired) electrons. The molecular formula is C9H21NO2. The van der Waals surface area contributed by atoms with Crippen LogP contribution in [0.2, 0.25) is 0 Å². The molecule has 0 N–H and O–H groups in total. The van der Waals surface area contributed by atoms with Gasteiger partial charge in [-0.05, 0) is 20.3 Å². The maximum atomic E-state index is 5.29. The fraction of sp³-hybridized carbons (Fsp3) is 1.00. The molecule has 3 heteroatoms. The molecule has 0 aliphatic heterocycles. The Morgan fingerprint density at radius 3 is 1.75 bits per heavy atom. The third kappa shape index (κ3) is 6.58. The van der Waals surface area contributed by atoms with Crippen molar-refractivity contribution in [1.82, 2.24) is 4.90 Å². The highest BCUT2D eigenvalue weighted by Gasteiger charge is 2.01. The third-order valence-corrected chi connectivity index (χ3v) is 1.50. The van der Waals surface area contributed by atoms with Crippen molar-refractivity contribution >= 4 is 0 Å². The van der Waals surface area contributed by atoms with Crippen molar-refractivity contribution in [1.29, 1.82) is 0 Å². The van der Waals surface area contributed by atoms with Gasteiger partial charge in [-0.25, -0.2) is 0 Å². The molecule has 0 atom stereocenters. The lowest BCUT2D eigenvalue weighted by molar-refractivity contribution is -0.0387. The van der Waals surface area contributed by atoms with Crippen LogP contribution in [0.4, 0.5) is 0 Å². The molecule has 12 heavy (non-hydrogen) atoms. The number of nitrogens with zero attached hydrogens (tertiary/aromatic N) is 1. The molecule has 0 spiro atoms. The Morgan fingerprint density at radius 1 is 0.917 bits per heavy atom. The van der Waals surface area contributed by atoms with Crippen LogP contribution in [-0.2, 0) is 9.47 Å². The summed E-state index contributed by atoms with van der Waals surface area (Å²) < 4.78 is 10.6. The molecule has 0 fully saturated rings. The number of rotatable bonds is 8. The van der Waals surface area contributed by atoms with Gasteiger partial charge in [0.05, 0.1) is 0 Å². The van der Waals surface area contributed by atoms with Crippen LogP contribution in [0.1, 0.15) is 27.2 Å². The maximum Gasteiger partial charge on any atom is 0.101 e. The molecule has 0 aromatic heterocycles. The lowest BCUT2D eigenvalue weighted by Crippen LogP contribution is -2.29. The first kappa shape index (κ1) is 11.9. The third-order valence-electron chi connectivity index (χ3n) is 1.50. The highest BCUT2D eigenvalue weighted by atomic mass is 16.5. The Kier molecular flexibility index (Phi) is 8.88. The van der Waals surface area contributed by atoms with Crippen LogP contribution in [-0.4, -0.2) is 38.1 Å². The number of hydrogen-bond acceptors (Lipinski definition) is 3. The normalized spacial score (nSPS) is 11.0. The summed E-state index contributed by atoms with van der Waals surface area (Å²) in [7, 11) is 0. The van der Waals surface area contributed by atoms with Gasteiger partial charge in [-0.1, -0.05) is 6.92 Å². The fourth-order valence-electron chi connectivity index (χ4n) is 0.923. The minimum absolute atomic E-state index is 0.685. The molecule has 0 heterocycles.